The summed E-state index contributed by atoms with van der Waals surface area (Å²) in [6, 6.07) is 8.03. The number of anilines is 1. The number of amides is 1. The lowest BCUT2D eigenvalue weighted by atomic mass is 9.85. The third-order valence-electron chi connectivity index (χ3n) is 6.00. The van der Waals surface area contributed by atoms with Gasteiger partial charge in [-0.1, -0.05) is 61.9 Å². The van der Waals surface area contributed by atoms with Crippen LogP contribution in [0.4, 0.5) is 5.95 Å². The Kier molecular flexibility index (Phi) is 6.23. The number of fused-ring (bicyclic) bond motifs is 1. The van der Waals surface area contributed by atoms with Crippen LogP contribution in [0, 0.1) is 5.92 Å². The summed E-state index contributed by atoms with van der Waals surface area (Å²) in [5.41, 5.74) is 1.78. The molecule has 1 aliphatic rings. The molecule has 2 aromatic heterocycles. The van der Waals surface area contributed by atoms with Gasteiger partial charge in [-0.15, -0.1) is 0 Å². The van der Waals surface area contributed by atoms with Gasteiger partial charge in [0, 0.05) is 22.7 Å². The van der Waals surface area contributed by atoms with Crippen LogP contribution in [0.25, 0.3) is 10.9 Å². The maximum Gasteiger partial charge on any atom is 0.326 e. The minimum absolute atomic E-state index is 0.0992. The third kappa shape index (κ3) is 4.56. The predicted molar refractivity (Wildman–Crippen MR) is 120 cm³/mol. The number of para-hydroxylation sites is 1. The van der Waals surface area contributed by atoms with Crippen LogP contribution < -0.4 is 5.32 Å². The average Bonchev–Trinajstić information content (AvgIpc) is 3.15. The molecule has 0 spiro atoms. The van der Waals surface area contributed by atoms with Crippen molar-refractivity contribution in [1.29, 1.82) is 0 Å². The Morgan fingerprint density at radius 1 is 1.26 bits per heavy atom. The number of benzene rings is 1. The van der Waals surface area contributed by atoms with E-state index in [1.165, 1.54) is 36.7 Å². The first-order valence-corrected chi connectivity index (χ1v) is 11.0. The highest BCUT2D eigenvalue weighted by Crippen LogP contribution is 2.29. The molecule has 4 rings (SSSR count). The highest BCUT2D eigenvalue weighted by atomic mass is 35.5. The van der Waals surface area contributed by atoms with Crippen molar-refractivity contribution >= 4 is 40.3 Å². The Bertz CT molecular complexity index is 1120. The lowest BCUT2D eigenvalue weighted by molar-refractivity contribution is -0.140. The lowest BCUT2D eigenvalue weighted by Gasteiger charge is -2.21. The Morgan fingerprint density at radius 3 is 2.71 bits per heavy atom. The second-order valence-corrected chi connectivity index (χ2v) is 8.50. The number of halogens is 1. The van der Waals surface area contributed by atoms with Gasteiger partial charge in [0.1, 0.15) is 16.9 Å². The van der Waals surface area contributed by atoms with Crippen molar-refractivity contribution in [3.05, 3.63) is 52.9 Å². The SMILES string of the molecule is CC(C(=O)O)n1c(C(=O)Nc2ncc(CC3CCCCC3)c(Cl)n2)cc2ccccc21. The number of aromatic nitrogens is 3. The van der Waals surface area contributed by atoms with E-state index in [9.17, 15) is 14.7 Å². The second-order valence-electron chi connectivity index (χ2n) is 8.14. The maximum atomic E-state index is 13.0. The van der Waals surface area contributed by atoms with Gasteiger partial charge in [-0.05, 0) is 31.4 Å². The Morgan fingerprint density at radius 2 is 2.00 bits per heavy atom. The van der Waals surface area contributed by atoms with E-state index < -0.39 is 17.9 Å². The van der Waals surface area contributed by atoms with Gasteiger partial charge in [0.05, 0.1) is 0 Å². The summed E-state index contributed by atoms with van der Waals surface area (Å²) in [4.78, 5) is 33.2. The minimum atomic E-state index is -1.03. The van der Waals surface area contributed by atoms with E-state index in [0.717, 1.165) is 17.4 Å². The molecule has 1 saturated carbocycles. The molecule has 2 N–H and O–H groups in total. The molecule has 0 bridgehead atoms. The van der Waals surface area contributed by atoms with Gasteiger partial charge in [0.2, 0.25) is 5.95 Å². The van der Waals surface area contributed by atoms with Crippen molar-refractivity contribution in [2.75, 3.05) is 5.32 Å². The molecule has 1 amide bonds. The molecule has 1 aromatic carbocycles. The first kappa shape index (κ1) is 21.3. The summed E-state index contributed by atoms with van der Waals surface area (Å²) in [5, 5.41) is 13.3. The number of carbonyl (C=O) groups excluding carboxylic acids is 1. The van der Waals surface area contributed by atoms with Crippen LogP contribution in [-0.4, -0.2) is 31.5 Å². The van der Waals surface area contributed by atoms with Gasteiger partial charge in [-0.3, -0.25) is 10.1 Å². The molecule has 7 nitrogen and oxygen atoms in total. The first-order valence-electron chi connectivity index (χ1n) is 10.6. The molecule has 0 aliphatic heterocycles. The maximum absolute atomic E-state index is 13.0. The summed E-state index contributed by atoms with van der Waals surface area (Å²) in [5.74, 6) is -0.812. The monoisotopic (exact) mass is 440 g/mol. The first-order chi connectivity index (χ1) is 14.9. The van der Waals surface area contributed by atoms with Crippen molar-refractivity contribution in [1.82, 2.24) is 14.5 Å². The van der Waals surface area contributed by atoms with Crippen LogP contribution in [0.2, 0.25) is 5.15 Å². The molecule has 1 aliphatic carbocycles. The van der Waals surface area contributed by atoms with Crippen LogP contribution in [0.1, 0.15) is 61.1 Å². The Hall–Kier alpha value is -2.93. The number of carboxylic acid groups (broad SMARTS) is 1. The molecule has 1 unspecified atom stereocenters. The van der Waals surface area contributed by atoms with Crippen molar-refractivity contribution in [2.24, 2.45) is 5.92 Å². The Labute approximate surface area is 185 Å². The summed E-state index contributed by atoms with van der Waals surface area (Å²) >= 11 is 6.38. The zero-order valence-corrected chi connectivity index (χ0v) is 18.1. The molecular formula is C23H25ClN4O3. The summed E-state index contributed by atoms with van der Waals surface area (Å²) in [6.45, 7) is 1.54. The van der Waals surface area contributed by atoms with Crippen LogP contribution in [0.15, 0.2) is 36.5 Å². The lowest BCUT2D eigenvalue weighted by Crippen LogP contribution is -2.23. The van der Waals surface area contributed by atoms with E-state index in [1.807, 2.05) is 18.2 Å². The fraction of sp³-hybridized carbons (Fsp3) is 0.391. The van der Waals surface area contributed by atoms with Crippen molar-refractivity contribution in [3.63, 3.8) is 0 Å². The zero-order chi connectivity index (χ0) is 22.0. The highest BCUT2D eigenvalue weighted by molar-refractivity contribution is 6.30. The van der Waals surface area contributed by atoms with Crippen LogP contribution in [0.5, 0.6) is 0 Å². The van der Waals surface area contributed by atoms with Crippen LogP contribution in [0.3, 0.4) is 0 Å². The van der Waals surface area contributed by atoms with E-state index in [4.69, 9.17) is 11.6 Å². The quantitative estimate of drug-likeness (QED) is 0.519. The number of hydrogen-bond donors (Lipinski definition) is 2. The van der Waals surface area contributed by atoms with Gasteiger partial charge in [0.25, 0.3) is 5.91 Å². The van der Waals surface area contributed by atoms with Crippen molar-refractivity contribution < 1.29 is 14.7 Å². The standard InChI is InChI=1S/C23H25ClN4O3/c1-14(22(30)31)28-18-10-6-5-9-16(18)12-19(28)21(29)27-23-25-13-17(20(24)26-23)11-15-7-3-2-4-8-15/h5-6,9-10,12-15H,2-4,7-8,11H2,1H3,(H,30,31)(H,25,26,27,29). The molecule has 0 radical (unpaired) electrons. The molecule has 1 atom stereocenters. The molecule has 8 heteroatoms. The number of hydrogen-bond acceptors (Lipinski definition) is 4. The van der Waals surface area contributed by atoms with Crippen molar-refractivity contribution in [3.8, 4) is 0 Å². The van der Waals surface area contributed by atoms with Crippen molar-refractivity contribution in [2.45, 2.75) is 51.5 Å². The molecule has 3 aromatic rings. The highest BCUT2D eigenvalue weighted by Gasteiger charge is 2.24. The van der Waals surface area contributed by atoms with E-state index in [-0.39, 0.29) is 11.6 Å². The van der Waals surface area contributed by atoms with Crippen LogP contribution in [-0.2, 0) is 11.2 Å². The minimum Gasteiger partial charge on any atom is -0.480 e. The molecular weight excluding hydrogens is 416 g/mol. The number of nitrogens with zero attached hydrogens (tertiary/aromatic N) is 3. The number of rotatable bonds is 6. The topological polar surface area (TPSA) is 97.1 Å². The van der Waals surface area contributed by atoms with Gasteiger partial charge >= 0.3 is 5.97 Å². The molecule has 2 heterocycles. The molecule has 0 saturated heterocycles. The number of carbonyl (C=O) groups is 2. The second kappa shape index (κ2) is 9.06. The van der Waals surface area contributed by atoms with Gasteiger partial charge < -0.3 is 9.67 Å². The normalized spacial score (nSPS) is 15.7. The van der Waals surface area contributed by atoms with E-state index in [1.54, 1.807) is 25.3 Å². The fourth-order valence-corrected chi connectivity index (χ4v) is 4.54. The fourth-order valence-electron chi connectivity index (χ4n) is 4.33. The van der Waals surface area contributed by atoms with E-state index in [2.05, 4.69) is 15.3 Å². The number of aliphatic carboxylic acids is 1. The van der Waals surface area contributed by atoms with E-state index >= 15 is 0 Å². The molecule has 31 heavy (non-hydrogen) atoms. The van der Waals surface area contributed by atoms with Gasteiger partial charge in [0.15, 0.2) is 0 Å². The average molecular weight is 441 g/mol. The Balaban J connectivity index is 1.57. The number of nitrogens with one attached hydrogen (secondary N) is 1. The summed E-state index contributed by atoms with van der Waals surface area (Å²) < 4.78 is 1.51. The van der Waals surface area contributed by atoms with Crippen LogP contribution >= 0.6 is 11.6 Å². The third-order valence-corrected chi connectivity index (χ3v) is 6.32. The molecule has 1 fully saturated rings. The van der Waals surface area contributed by atoms with Gasteiger partial charge in [-0.25, -0.2) is 14.8 Å². The largest absolute Gasteiger partial charge is 0.480 e. The molecule has 162 valence electrons. The summed E-state index contributed by atoms with van der Waals surface area (Å²) in [6.07, 6.45) is 8.71. The van der Waals surface area contributed by atoms with Gasteiger partial charge in [-0.2, -0.15) is 0 Å². The summed E-state index contributed by atoms with van der Waals surface area (Å²) in [7, 11) is 0. The predicted octanol–water partition coefficient (Wildman–Crippen LogP) is 5.11. The van der Waals surface area contributed by atoms with E-state index in [0.29, 0.717) is 16.6 Å². The smallest absolute Gasteiger partial charge is 0.326 e. The number of carboxylic acids is 1. The zero-order valence-electron chi connectivity index (χ0n) is 17.3.